The Kier molecular flexibility index (Phi) is 28.3. The van der Waals surface area contributed by atoms with Crippen LogP contribution in [0.5, 0.6) is 0 Å². The minimum atomic E-state index is -2.50. The van der Waals surface area contributed by atoms with E-state index < -0.39 is 77.8 Å². The molecule has 3 aliphatic heterocycles. The first kappa shape index (κ1) is 65.0. The van der Waals surface area contributed by atoms with Gasteiger partial charge in [-0.3, -0.25) is 19.2 Å². The number of carbonyl (C=O) groups is 5. The maximum atomic E-state index is 14.6. The van der Waals surface area contributed by atoms with Crippen molar-refractivity contribution in [3.8, 4) is 0 Å². The van der Waals surface area contributed by atoms with Gasteiger partial charge in [-0.1, -0.05) is 71.1 Å². The number of amides is 1. The van der Waals surface area contributed by atoms with E-state index in [0.29, 0.717) is 70.2 Å². The predicted molar refractivity (Wildman–Crippen MR) is 284 cm³/mol. The van der Waals surface area contributed by atoms with E-state index in [2.05, 4.69) is 0 Å². The predicted octanol–water partition coefficient (Wildman–Crippen LogP) is 5.59. The molecule has 15 atom stereocenters. The van der Waals surface area contributed by atoms with Crippen LogP contribution in [-0.4, -0.2) is 183 Å². The third-order valence-electron chi connectivity index (χ3n) is 15.7. The summed E-state index contributed by atoms with van der Waals surface area (Å²) in [6.45, 7) is 13.9. The summed E-state index contributed by atoms with van der Waals surface area (Å²) < 4.78 is 47.3. The maximum absolute atomic E-state index is 14.6. The van der Waals surface area contributed by atoms with Crippen molar-refractivity contribution < 1.29 is 82.3 Å². The molecule has 76 heavy (non-hydrogen) atoms. The standard InChI is InChI=1S/C58H93NO17/c1-37-15-11-10-12-16-38(2)49(74-30-28-72-26-24-61)35-45-20-18-43(7)58(68,76-45)55(65)56(66)59-22-14-13-17-46(59)57(67)75-50(36-47(62)39(3)32-42(6)53(64)54(70-9)52(63)41(5)31-37)40(4)33-44-19-21-48(51(34-44)69-8)73-29-27-71-25-23-60/h10-12,15-16,32,37,39-41,43-46,48-51,53-54,60-61,64,68H,13-14,17-31,33-36H2,1-9H3/b12-10+,15-11+,38-16+,42-32+/t37-,39-,40-,41-,43-,44+,45+,46+,48-,49-,50+,51-,53-,54+,58-/m1/s1. The first-order valence-corrected chi connectivity index (χ1v) is 27.9. The summed E-state index contributed by atoms with van der Waals surface area (Å²) in [6.07, 6.45) is 11.3. The van der Waals surface area contributed by atoms with Gasteiger partial charge in [0.05, 0.1) is 77.3 Å². The fraction of sp³-hybridized carbons (Fsp3) is 0.776. The van der Waals surface area contributed by atoms with Crippen LogP contribution >= 0.6 is 0 Å². The number of fused-ring (bicyclic) bond motifs is 3. The quantitative estimate of drug-likeness (QED) is 0.0600. The van der Waals surface area contributed by atoms with Crippen molar-refractivity contribution in [2.24, 2.45) is 35.5 Å². The minimum Gasteiger partial charge on any atom is -0.460 e. The summed E-state index contributed by atoms with van der Waals surface area (Å²) in [5.74, 6) is -8.31. The molecule has 3 fully saturated rings. The van der Waals surface area contributed by atoms with Crippen molar-refractivity contribution >= 4 is 29.2 Å². The van der Waals surface area contributed by atoms with Crippen LogP contribution in [0.25, 0.3) is 0 Å². The molecule has 0 aromatic heterocycles. The van der Waals surface area contributed by atoms with Crippen molar-refractivity contribution in [3.05, 3.63) is 47.6 Å². The van der Waals surface area contributed by atoms with Gasteiger partial charge in [-0.15, -0.1) is 0 Å². The average molecular weight is 1080 g/mol. The molecule has 1 amide bonds. The SMILES string of the molecule is CO[C@@H]1C[C@H](C[C@@H](C)[C@@H]2CC(=O)[C@H](C)/C=C(\C)[C@@H](O)[C@@H](OC)C(=O)[C@H](C)C[C@H](C)/C=C/C=C/C=C(\C)[C@H](OCCOCCO)C[C@@H]3CC[C@@H](C)[C@@](O)(O3)C(=O)C(=O)N3CCCC[C@H]3C(=O)O2)CC[C@H]1OCCOCCO. The van der Waals surface area contributed by atoms with Gasteiger partial charge in [-0.2, -0.15) is 0 Å². The molecular weight excluding hydrogens is 983 g/mol. The summed E-state index contributed by atoms with van der Waals surface area (Å²) in [4.78, 5) is 72.9. The van der Waals surface area contributed by atoms with Crippen LogP contribution in [0.15, 0.2) is 47.6 Å². The van der Waals surface area contributed by atoms with E-state index in [1.54, 1.807) is 40.9 Å². The van der Waals surface area contributed by atoms with Gasteiger partial charge >= 0.3 is 5.97 Å². The van der Waals surface area contributed by atoms with Crippen molar-refractivity contribution in [3.63, 3.8) is 0 Å². The van der Waals surface area contributed by atoms with E-state index in [1.807, 2.05) is 51.2 Å². The molecule has 18 heteroatoms. The zero-order chi connectivity index (χ0) is 56.0. The number of Topliss-reactive ketones (excluding diaryl/α,β-unsaturated/α-hetero) is 3. The van der Waals surface area contributed by atoms with Gasteiger partial charge in [0, 0.05) is 51.4 Å². The Hall–Kier alpha value is -3.53. The first-order valence-electron chi connectivity index (χ1n) is 27.9. The molecule has 1 saturated carbocycles. The number of cyclic esters (lactones) is 1. The average Bonchev–Trinajstić information content (AvgIpc) is 3.40. The molecule has 0 aromatic rings. The Morgan fingerprint density at radius 1 is 0.776 bits per heavy atom. The van der Waals surface area contributed by atoms with Crippen molar-refractivity contribution in [2.75, 3.05) is 73.6 Å². The Morgan fingerprint density at radius 2 is 1.47 bits per heavy atom. The number of allylic oxidation sites excluding steroid dienone is 6. The molecule has 2 saturated heterocycles. The minimum absolute atomic E-state index is 0.0211. The molecule has 2 bridgehead atoms. The number of aliphatic hydroxyl groups is 4. The van der Waals surface area contributed by atoms with Gasteiger partial charge < -0.3 is 63.2 Å². The van der Waals surface area contributed by atoms with Crippen molar-refractivity contribution in [1.29, 1.82) is 0 Å². The van der Waals surface area contributed by atoms with Gasteiger partial charge in [-0.25, -0.2) is 4.79 Å². The van der Waals surface area contributed by atoms with E-state index >= 15 is 0 Å². The number of carbonyl (C=O) groups excluding carboxylic acids is 5. The zero-order valence-corrected chi connectivity index (χ0v) is 46.9. The second-order valence-electron chi connectivity index (χ2n) is 21.7. The van der Waals surface area contributed by atoms with Crippen LogP contribution in [0.1, 0.15) is 126 Å². The lowest BCUT2D eigenvalue weighted by atomic mass is 9.78. The van der Waals surface area contributed by atoms with Crippen LogP contribution < -0.4 is 0 Å². The highest BCUT2D eigenvalue weighted by molar-refractivity contribution is 6.39. The summed E-state index contributed by atoms with van der Waals surface area (Å²) in [7, 11) is 3.01. The van der Waals surface area contributed by atoms with Crippen LogP contribution in [0.2, 0.25) is 0 Å². The molecule has 432 valence electrons. The Labute approximate surface area is 451 Å². The molecule has 4 aliphatic rings. The molecule has 3 heterocycles. The lowest BCUT2D eigenvalue weighted by Crippen LogP contribution is -2.61. The van der Waals surface area contributed by atoms with E-state index in [1.165, 1.54) is 12.0 Å². The summed E-state index contributed by atoms with van der Waals surface area (Å²) in [5.41, 5.74) is 1.19. The van der Waals surface area contributed by atoms with Gasteiger partial charge in [-0.05, 0) is 107 Å². The lowest BCUT2D eigenvalue weighted by Gasteiger charge is -2.43. The van der Waals surface area contributed by atoms with Crippen molar-refractivity contribution in [1.82, 2.24) is 4.90 Å². The van der Waals surface area contributed by atoms with Gasteiger partial charge in [0.15, 0.2) is 5.78 Å². The number of methoxy groups -OCH3 is 2. The van der Waals surface area contributed by atoms with Crippen molar-refractivity contribution in [2.45, 2.75) is 180 Å². The van der Waals surface area contributed by atoms with E-state index in [4.69, 9.17) is 43.0 Å². The summed E-state index contributed by atoms with van der Waals surface area (Å²) in [6, 6.07) is -1.18. The van der Waals surface area contributed by atoms with Crippen LogP contribution in [0.4, 0.5) is 0 Å². The van der Waals surface area contributed by atoms with Gasteiger partial charge in [0.1, 0.15) is 30.1 Å². The number of hydrogen-bond donors (Lipinski definition) is 4. The maximum Gasteiger partial charge on any atom is 0.329 e. The number of rotatable bonds is 17. The summed E-state index contributed by atoms with van der Waals surface area (Å²) >= 11 is 0. The molecule has 4 rings (SSSR count). The summed E-state index contributed by atoms with van der Waals surface area (Å²) in [5, 5.41) is 42.0. The third-order valence-corrected chi connectivity index (χ3v) is 15.7. The smallest absolute Gasteiger partial charge is 0.329 e. The monoisotopic (exact) mass is 1080 g/mol. The van der Waals surface area contributed by atoms with E-state index in [0.717, 1.165) is 12.0 Å². The lowest BCUT2D eigenvalue weighted by molar-refractivity contribution is -0.266. The molecule has 0 unspecified atom stereocenters. The molecular formula is C58H93NO17. The van der Waals surface area contributed by atoms with Crippen LogP contribution in [0.3, 0.4) is 0 Å². The second kappa shape index (κ2) is 33.2. The number of hydrogen-bond acceptors (Lipinski definition) is 17. The zero-order valence-electron chi connectivity index (χ0n) is 46.9. The number of ether oxygens (including phenoxy) is 8. The molecule has 0 aromatic carbocycles. The molecule has 0 radical (unpaired) electrons. The number of esters is 1. The fourth-order valence-corrected chi connectivity index (χ4v) is 11.0. The Morgan fingerprint density at radius 3 is 2.14 bits per heavy atom. The molecule has 1 aliphatic carbocycles. The normalized spacial score (nSPS) is 36.3. The highest BCUT2D eigenvalue weighted by atomic mass is 16.6. The van der Waals surface area contributed by atoms with Gasteiger partial charge in [0.2, 0.25) is 5.79 Å². The highest BCUT2D eigenvalue weighted by Crippen LogP contribution is 2.38. The third kappa shape index (κ3) is 19.4. The Bertz CT molecular complexity index is 1950. The Balaban J connectivity index is 1.69. The van der Waals surface area contributed by atoms with Gasteiger partial charge in [0.25, 0.3) is 11.7 Å². The van der Waals surface area contributed by atoms with Crippen LogP contribution in [0, 0.1) is 35.5 Å². The van der Waals surface area contributed by atoms with E-state index in [-0.39, 0.29) is 107 Å². The molecule has 18 nitrogen and oxygen atoms in total. The number of ketones is 3. The second-order valence-corrected chi connectivity index (χ2v) is 21.7. The molecule has 0 spiro atoms. The van der Waals surface area contributed by atoms with Crippen LogP contribution in [-0.2, 0) is 61.9 Å². The number of piperidine rings is 1. The molecule has 4 N–H and O–H groups in total. The fourth-order valence-electron chi connectivity index (χ4n) is 11.0. The first-order chi connectivity index (χ1) is 36.3. The number of aliphatic hydroxyl groups excluding tert-OH is 3. The number of nitrogens with zero attached hydrogens (tertiary/aromatic N) is 1. The highest BCUT2D eigenvalue weighted by Gasteiger charge is 2.53. The largest absolute Gasteiger partial charge is 0.460 e. The van der Waals surface area contributed by atoms with E-state index in [9.17, 15) is 39.3 Å². The topological polar surface area (TPSA) is 243 Å².